The molecule has 0 bridgehead atoms. The number of amides is 4. The number of carbonyl (C=O) groups is 2. The van der Waals surface area contributed by atoms with E-state index in [4.69, 9.17) is 0 Å². The molecule has 1 unspecified atom stereocenters. The lowest BCUT2D eigenvalue weighted by Crippen LogP contribution is -2.55. The predicted octanol–water partition coefficient (Wildman–Crippen LogP) is 1.66. The molecule has 0 saturated heterocycles. The molecule has 1 aromatic rings. The number of benzene rings is 1. The van der Waals surface area contributed by atoms with Crippen molar-refractivity contribution >= 4 is 24.0 Å². The normalized spacial score (nSPS) is 11.7. The van der Waals surface area contributed by atoms with Crippen molar-refractivity contribution in [3.05, 3.63) is 30.3 Å². The van der Waals surface area contributed by atoms with Crippen molar-refractivity contribution in [1.82, 2.24) is 15.1 Å². The molecule has 7 heteroatoms. The number of para-hydroxylation sites is 1. The molecule has 23 heavy (non-hydrogen) atoms. The highest BCUT2D eigenvalue weighted by atomic mass is 16.2. The van der Waals surface area contributed by atoms with Gasteiger partial charge in [0.05, 0.1) is 18.4 Å². The smallest absolute Gasteiger partial charge is 0.330 e. The molecular formula is C16H23N4O3. The van der Waals surface area contributed by atoms with Crippen LogP contribution in [-0.2, 0) is 4.79 Å². The number of anilines is 1. The molecule has 0 saturated carbocycles. The molecule has 1 N–H and O–H groups in total. The van der Waals surface area contributed by atoms with Gasteiger partial charge in [0.2, 0.25) is 6.29 Å². The van der Waals surface area contributed by atoms with E-state index in [0.717, 1.165) is 4.90 Å². The summed E-state index contributed by atoms with van der Waals surface area (Å²) in [5.74, 6) is 0. The van der Waals surface area contributed by atoms with E-state index in [2.05, 4.69) is 5.32 Å². The van der Waals surface area contributed by atoms with E-state index in [1.54, 1.807) is 43.7 Å². The van der Waals surface area contributed by atoms with Gasteiger partial charge in [0, 0.05) is 7.05 Å². The third-order valence-corrected chi connectivity index (χ3v) is 3.43. The van der Waals surface area contributed by atoms with Gasteiger partial charge in [-0.2, -0.15) is 0 Å². The maximum Gasteiger partial charge on any atom is 0.333 e. The van der Waals surface area contributed by atoms with Gasteiger partial charge in [-0.25, -0.2) is 14.5 Å². The Labute approximate surface area is 136 Å². The fourth-order valence-corrected chi connectivity index (χ4v) is 2.35. The molecule has 0 aliphatic rings. The zero-order valence-corrected chi connectivity index (χ0v) is 13.9. The van der Waals surface area contributed by atoms with Gasteiger partial charge in [0.25, 0.3) is 0 Å². The molecule has 7 nitrogen and oxygen atoms in total. The second kappa shape index (κ2) is 8.89. The Morgan fingerprint density at radius 2 is 1.78 bits per heavy atom. The lowest BCUT2D eigenvalue weighted by atomic mass is 10.3. The Kier molecular flexibility index (Phi) is 7.21. The summed E-state index contributed by atoms with van der Waals surface area (Å²) in [7, 11) is 5.38. The lowest BCUT2D eigenvalue weighted by molar-refractivity contribution is 0.121. The molecule has 1 aromatic carbocycles. The highest BCUT2D eigenvalue weighted by Crippen LogP contribution is 2.17. The zero-order valence-electron chi connectivity index (χ0n) is 13.9. The SMILES string of the molecule is CCC(N(C)C)N(C)C(=O)N(C(=O)NC[C]=O)c1ccccc1. The second-order valence-electron chi connectivity index (χ2n) is 5.22. The number of hydrogen-bond donors (Lipinski definition) is 1. The number of imide groups is 1. The van der Waals surface area contributed by atoms with E-state index in [-0.39, 0.29) is 12.7 Å². The molecular weight excluding hydrogens is 296 g/mol. The Hall–Kier alpha value is -2.41. The Bertz CT molecular complexity index is 533. The van der Waals surface area contributed by atoms with E-state index in [1.165, 1.54) is 4.90 Å². The van der Waals surface area contributed by atoms with Gasteiger partial charge in [0.15, 0.2) is 0 Å². The average Bonchev–Trinajstić information content (AvgIpc) is 2.54. The number of carbonyl (C=O) groups excluding carboxylic acids is 3. The van der Waals surface area contributed by atoms with Crippen LogP contribution in [0.4, 0.5) is 15.3 Å². The average molecular weight is 319 g/mol. The van der Waals surface area contributed by atoms with Crippen LogP contribution in [0.25, 0.3) is 0 Å². The summed E-state index contributed by atoms with van der Waals surface area (Å²) in [6, 6.07) is 7.45. The van der Waals surface area contributed by atoms with Gasteiger partial charge < -0.3 is 10.2 Å². The van der Waals surface area contributed by atoms with Crippen molar-refractivity contribution in [3.8, 4) is 0 Å². The maximum atomic E-state index is 12.8. The summed E-state index contributed by atoms with van der Waals surface area (Å²) in [6.07, 6.45) is 2.14. The Balaban J connectivity index is 3.10. The fourth-order valence-electron chi connectivity index (χ4n) is 2.35. The van der Waals surface area contributed by atoms with Crippen LogP contribution in [-0.4, -0.2) is 62.0 Å². The Morgan fingerprint density at radius 3 is 2.26 bits per heavy atom. The minimum absolute atomic E-state index is 0.154. The number of nitrogens with one attached hydrogen (secondary N) is 1. The van der Waals surface area contributed by atoms with Gasteiger partial charge in [-0.1, -0.05) is 25.1 Å². The molecule has 4 amide bonds. The molecule has 1 radical (unpaired) electrons. The minimum atomic E-state index is -0.662. The van der Waals surface area contributed by atoms with Gasteiger partial charge >= 0.3 is 12.1 Å². The van der Waals surface area contributed by atoms with Crippen LogP contribution >= 0.6 is 0 Å². The second-order valence-corrected chi connectivity index (χ2v) is 5.22. The van der Waals surface area contributed by atoms with E-state index in [0.29, 0.717) is 12.1 Å². The molecule has 125 valence electrons. The van der Waals surface area contributed by atoms with Crippen molar-refractivity contribution < 1.29 is 14.4 Å². The first-order valence-electron chi connectivity index (χ1n) is 7.35. The van der Waals surface area contributed by atoms with Gasteiger partial charge in [-0.05, 0) is 32.6 Å². The number of nitrogens with zero attached hydrogens (tertiary/aromatic N) is 3. The lowest BCUT2D eigenvalue weighted by Gasteiger charge is -2.35. The van der Waals surface area contributed by atoms with Crippen molar-refractivity contribution in [1.29, 1.82) is 0 Å². The van der Waals surface area contributed by atoms with Crippen LogP contribution in [0.3, 0.4) is 0 Å². The van der Waals surface area contributed by atoms with Crippen LogP contribution < -0.4 is 10.2 Å². The van der Waals surface area contributed by atoms with Crippen molar-refractivity contribution in [2.24, 2.45) is 0 Å². The molecule has 0 fully saturated rings. The highest BCUT2D eigenvalue weighted by molar-refractivity contribution is 6.13. The maximum absolute atomic E-state index is 12.8. The van der Waals surface area contributed by atoms with Crippen LogP contribution in [0.15, 0.2) is 30.3 Å². The van der Waals surface area contributed by atoms with E-state index < -0.39 is 12.1 Å². The molecule has 0 heterocycles. The van der Waals surface area contributed by atoms with E-state index in [9.17, 15) is 14.4 Å². The van der Waals surface area contributed by atoms with E-state index >= 15 is 0 Å². The molecule has 1 rings (SSSR count). The van der Waals surface area contributed by atoms with Crippen molar-refractivity contribution in [2.45, 2.75) is 19.5 Å². The topological polar surface area (TPSA) is 73.0 Å². The summed E-state index contributed by atoms with van der Waals surface area (Å²) < 4.78 is 0. The number of urea groups is 2. The first-order valence-corrected chi connectivity index (χ1v) is 7.35. The summed E-state index contributed by atoms with van der Waals surface area (Å²) >= 11 is 0. The molecule has 0 spiro atoms. The standard InChI is InChI=1S/C16H23N4O3/c1-5-14(18(2)3)19(4)16(23)20(15(22)17-11-12-21)13-9-7-6-8-10-13/h6-10,14H,5,11H2,1-4H3,(H,17,22). The Morgan fingerprint density at radius 1 is 1.17 bits per heavy atom. The van der Waals surface area contributed by atoms with Gasteiger partial charge in [-0.15, -0.1) is 0 Å². The predicted molar refractivity (Wildman–Crippen MR) is 88.9 cm³/mol. The summed E-state index contributed by atoms with van der Waals surface area (Å²) in [6.45, 7) is 1.69. The van der Waals surface area contributed by atoms with E-state index in [1.807, 2.05) is 25.9 Å². The zero-order chi connectivity index (χ0) is 17.4. The molecule has 0 aromatic heterocycles. The quantitative estimate of drug-likeness (QED) is 0.809. The summed E-state index contributed by atoms with van der Waals surface area (Å²) in [4.78, 5) is 39.9. The molecule has 0 aliphatic carbocycles. The van der Waals surface area contributed by atoms with Gasteiger partial charge in [-0.3, -0.25) is 9.69 Å². The number of rotatable bonds is 6. The fraction of sp³-hybridized carbons (Fsp3) is 0.438. The van der Waals surface area contributed by atoms with Crippen LogP contribution in [0.1, 0.15) is 13.3 Å². The van der Waals surface area contributed by atoms with Crippen LogP contribution in [0.2, 0.25) is 0 Å². The number of hydrogen-bond acceptors (Lipinski definition) is 4. The largest absolute Gasteiger partial charge is 0.333 e. The van der Waals surface area contributed by atoms with Crippen molar-refractivity contribution in [3.63, 3.8) is 0 Å². The van der Waals surface area contributed by atoms with Gasteiger partial charge in [0.1, 0.15) is 0 Å². The van der Waals surface area contributed by atoms with Crippen LogP contribution in [0, 0.1) is 0 Å². The third-order valence-electron chi connectivity index (χ3n) is 3.43. The molecule has 0 aliphatic heterocycles. The monoisotopic (exact) mass is 319 g/mol. The molecule has 1 atom stereocenters. The van der Waals surface area contributed by atoms with Crippen LogP contribution in [0.5, 0.6) is 0 Å². The highest BCUT2D eigenvalue weighted by Gasteiger charge is 2.30. The summed E-state index contributed by atoms with van der Waals surface area (Å²) in [5.41, 5.74) is 0.432. The van der Waals surface area contributed by atoms with Crippen molar-refractivity contribution in [2.75, 3.05) is 32.6 Å². The summed E-state index contributed by atoms with van der Waals surface area (Å²) in [5, 5.41) is 2.36. The first kappa shape index (κ1) is 18.6. The minimum Gasteiger partial charge on any atom is -0.330 e. The third kappa shape index (κ3) is 4.79. The first-order chi connectivity index (χ1) is 10.9.